The molecule has 1 radical (unpaired) electrons. The van der Waals surface area contributed by atoms with Crippen LogP contribution in [-0.2, 0) is 5.11 Å². The van der Waals surface area contributed by atoms with Crippen LogP contribution in [0.5, 0.6) is 0 Å². The van der Waals surface area contributed by atoms with Crippen molar-refractivity contribution in [3.63, 3.8) is 0 Å². The molecule has 0 bridgehead atoms. The highest BCUT2D eigenvalue weighted by Gasteiger charge is 2.35. The normalized spacial score (nSPS) is 13.8. The second-order valence-electron chi connectivity index (χ2n) is 5.91. The van der Waals surface area contributed by atoms with E-state index >= 15 is 0 Å². The van der Waals surface area contributed by atoms with Gasteiger partial charge in [-0.15, -0.1) is 0 Å². The first-order chi connectivity index (χ1) is 8.66. The van der Waals surface area contributed by atoms with Crippen LogP contribution in [-0.4, -0.2) is 6.10 Å². The molecule has 0 saturated carbocycles. The Morgan fingerprint density at radius 1 is 0.778 bits per heavy atom. The summed E-state index contributed by atoms with van der Waals surface area (Å²) in [5.74, 6) is 0. The van der Waals surface area contributed by atoms with Crippen molar-refractivity contribution in [2.24, 2.45) is 5.41 Å². The predicted octanol–water partition coefficient (Wildman–Crippen LogP) is 6.14. The largest absolute Gasteiger partial charge is 0.233 e. The zero-order chi connectivity index (χ0) is 13.9. The SMILES string of the molecule is CCCCCC([O])C(CC)(CCCC)CCCC. The van der Waals surface area contributed by atoms with Gasteiger partial charge in [0.15, 0.2) is 0 Å². The van der Waals surface area contributed by atoms with Gasteiger partial charge in [-0.25, -0.2) is 5.11 Å². The van der Waals surface area contributed by atoms with Gasteiger partial charge in [-0.1, -0.05) is 72.6 Å². The Morgan fingerprint density at radius 3 is 1.67 bits per heavy atom. The van der Waals surface area contributed by atoms with Gasteiger partial charge in [0.25, 0.3) is 0 Å². The number of hydrogen-bond acceptors (Lipinski definition) is 0. The molecule has 0 aliphatic rings. The van der Waals surface area contributed by atoms with Crippen molar-refractivity contribution in [2.45, 2.75) is 104 Å². The van der Waals surface area contributed by atoms with Crippen LogP contribution in [0, 0.1) is 5.41 Å². The molecule has 1 heteroatoms. The van der Waals surface area contributed by atoms with E-state index in [1.807, 2.05) is 0 Å². The van der Waals surface area contributed by atoms with Crippen molar-refractivity contribution < 1.29 is 5.11 Å². The molecular weight excluding hydrogens is 220 g/mol. The van der Waals surface area contributed by atoms with Gasteiger partial charge < -0.3 is 0 Å². The maximum Gasteiger partial charge on any atom is 0.0985 e. The van der Waals surface area contributed by atoms with E-state index in [1.54, 1.807) is 0 Å². The van der Waals surface area contributed by atoms with E-state index in [4.69, 9.17) is 0 Å². The number of hydrogen-bond donors (Lipinski definition) is 0. The summed E-state index contributed by atoms with van der Waals surface area (Å²) in [6.07, 6.45) is 12.4. The topological polar surface area (TPSA) is 19.9 Å². The Kier molecular flexibility index (Phi) is 10.8. The molecule has 1 nitrogen and oxygen atoms in total. The van der Waals surface area contributed by atoms with Crippen molar-refractivity contribution in [3.05, 3.63) is 0 Å². The molecule has 0 heterocycles. The molecule has 0 spiro atoms. The molecular formula is C17H35O. The fourth-order valence-corrected chi connectivity index (χ4v) is 2.97. The van der Waals surface area contributed by atoms with Crippen molar-refractivity contribution in [1.82, 2.24) is 0 Å². The van der Waals surface area contributed by atoms with Crippen LogP contribution in [0.15, 0.2) is 0 Å². The standard InChI is InChI=1S/C17H35O/c1-5-9-12-13-16(18)17(8-4,14-10-6-2)15-11-7-3/h16H,5-15H2,1-4H3. The molecule has 0 aliphatic carbocycles. The maximum atomic E-state index is 12.7. The number of unbranched alkanes of at least 4 members (excludes halogenated alkanes) is 4. The monoisotopic (exact) mass is 255 g/mol. The molecule has 18 heavy (non-hydrogen) atoms. The minimum atomic E-state index is -0.327. The summed E-state index contributed by atoms with van der Waals surface area (Å²) in [6, 6.07) is 0. The molecule has 0 aromatic rings. The van der Waals surface area contributed by atoms with Crippen LogP contribution >= 0.6 is 0 Å². The lowest BCUT2D eigenvalue weighted by Gasteiger charge is -2.36. The fraction of sp³-hybridized carbons (Fsp3) is 1.00. The fourth-order valence-electron chi connectivity index (χ4n) is 2.97. The molecule has 0 fully saturated rings. The van der Waals surface area contributed by atoms with Crippen LogP contribution in [0.1, 0.15) is 98.3 Å². The van der Waals surface area contributed by atoms with E-state index in [-0.39, 0.29) is 11.5 Å². The minimum Gasteiger partial charge on any atom is -0.233 e. The molecule has 0 N–H and O–H groups in total. The highest BCUT2D eigenvalue weighted by molar-refractivity contribution is 4.85. The van der Waals surface area contributed by atoms with E-state index in [2.05, 4.69) is 27.7 Å². The molecule has 1 unspecified atom stereocenters. The smallest absolute Gasteiger partial charge is 0.0985 e. The molecule has 0 aromatic carbocycles. The van der Waals surface area contributed by atoms with Crippen molar-refractivity contribution in [2.75, 3.05) is 0 Å². The van der Waals surface area contributed by atoms with Crippen LogP contribution in [0.25, 0.3) is 0 Å². The Bertz CT molecular complexity index is 168. The van der Waals surface area contributed by atoms with Crippen LogP contribution in [0.4, 0.5) is 0 Å². The van der Waals surface area contributed by atoms with Gasteiger partial charge in [-0.3, -0.25) is 0 Å². The average molecular weight is 255 g/mol. The first-order valence-corrected chi connectivity index (χ1v) is 8.32. The van der Waals surface area contributed by atoms with E-state index in [0.29, 0.717) is 0 Å². The second-order valence-corrected chi connectivity index (χ2v) is 5.91. The lowest BCUT2D eigenvalue weighted by molar-refractivity contribution is -0.0503. The van der Waals surface area contributed by atoms with E-state index < -0.39 is 0 Å². The Balaban J connectivity index is 4.46. The molecule has 0 amide bonds. The van der Waals surface area contributed by atoms with Gasteiger partial charge in [0.05, 0.1) is 6.10 Å². The Morgan fingerprint density at radius 2 is 1.28 bits per heavy atom. The summed E-state index contributed by atoms with van der Waals surface area (Å²) in [4.78, 5) is 0. The third-order valence-electron chi connectivity index (χ3n) is 4.51. The van der Waals surface area contributed by atoms with Crippen molar-refractivity contribution in [3.8, 4) is 0 Å². The van der Waals surface area contributed by atoms with E-state index in [1.165, 1.54) is 38.5 Å². The third kappa shape index (κ3) is 6.22. The third-order valence-corrected chi connectivity index (χ3v) is 4.51. The Labute approximate surface area is 115 Å². The first kappa shape index (κ1) is 18.0. The number of rotatable bonds is 12. The Hall–Kier alpha value is -0.0400. The van der Waals surface area contributed by atoms with Crippen LogP contribution < -0.4 is 0 Å². The molecule has 0 rings (SSSR count). The molecule has 0 aliphatic heterocycles. The van der Waals surface area contributed by atoms with E-state index in [0.717, 1.165) is 32.1 Å². The lowest BCUT2D eigenvalue weighted by atomic mass is 9.70. The summed E-state index contributed by atoms with van der Waals surface area (Å²) in [5.41, 5.74) is 0.0970. The van der Waals surface area contributed by atoms with Crippen LogP contribution in [0.3, 0.4) is 0 Å². The zero-order valence-corrected chi connectivity index (χ0v) is 13.3. The molecule has 0 saturated heterocycles. The van der Waals surface area contributed by atoms with Gasteiger partial charge in [0.2, 0.25) is 0 Å². The van der Waals surface area contributed by atoms with Crippen molar-refractivity contribution >= 4 is 0 Å². The van der Waals surface area contributed by atoms with Gasteiger partial charge in [0, 0.05) is 0 Å². The summed E-state index contributed by atoms with van der Waals surface area (Å²) >= 11 is 0. The molecule has 109 valence electrons. The van der Waals surface area contributed by atoms with Gasteiger partial charge in [-0.2, -0.15) is 0 Å². The molecule has 1 atom stereocenters. The van der Waals surface area contributed by atoms with Gasteiger partial charge in [0.1, 0.15) is 0 Å². The summed E-state index contributed by atoms with van der Waals surface area (Å²) in [7, 11) is 0. The zero-order valence-electron chi connectivity index (χ0n) is 13.3. The van der Waals surface area contributed by atoms with Crippen LogP contribution in [0.2, 0.25) is 0 Å². The first-order valence-electron chi connectivity index (χ1n) is 8.32. The highest BCUT2D eigenvalue weighted by Crippen LogP contribution is 2.40. The average Bonchev–Trinajstić information content (AvgIpc) is 2.40. The summed E-state index contributed by atoms with van der Waals surface area (Å²) < 4.78 is 0. The second kappa shape index (κ2) is 10.8. The highest BCUT2D eigenvalue weighted by atomic mass is 16.3. The van der Waals surface area contributed by atoms with Crippen molar-refractivity contribution in [1.29, 1.82) is 0 Å². The summed E-state index contributed by atoms with van der Waals surface area (Å²) in [6.45, 7) is 8.91. The quantitative estimate of drug-likeness (QED) is 0.373. The summed E-state index contributed by atoms with van der Waals surface area (Å²) in [5, 5.41) is 12.7. The predicted molar refractivity (Wildman–Crippen MR) is 80.4 cm³/mol. The van der Waals surface area contributed by atoms with Gasteiger partial charge >= 0.3 is 0 Å². The lowest BCUT2D eigenvalue weighted by Crippen LogP contribution is -2.34. The minimum absolute atomic E-state index is 0.0970. The molecule has 0 aromatic heterocycles. The van der Waals surface area contributed by atoms with E-state index in [9.17, 15) is 5.11 Å². The maximum absolute atomic E-state index is 12.7. The van der Waals surface area contributed by atoms with Gasteiger partial charge in [-0.05, 0) is 31.1 Å².